The van der Waals surface area contributed by atoms with Crippen LogP contribution in [-0.2, 0) is 12.1 Å². The summed E-state index contributed by atoms with van der Waals surface area (Å²) in [6.07, 6.45) is 6.02. The summed E-state index contributed by atoms with van der Waals surface area (Å²) < 4.78 is 14.6. The first-order chi connectivity index (χ1) is 12.5. The largest absolute Gasteiger partial charge is 0.497 e. The lowest BCUT2D eigenvalue weighted by Gasteiger charge is -2.43. The molecule has 2 nitrogen and oxygen atoms in total. The predicted molar refractivity (Wildman–Crippen MR) is 106 cm³/mol. The molecular formula is C22H26BrNO. The van der Waals surface area contributed by atoms with Gasteiger partial charge in [-0.3, -0.25) is 4.90 Å². The van der Waals surface area contributed by atoms with E-state index in [9.17, 15) is 1.37 Å². The fourth-order valence-corrected chi connectivity index (χ4v) is 5.60. The Bertz CT molecular complexity index is 796. The van der Waals surface area contributed by atoms with Gasteiger partial charge in [0, 0.05) is 12.1 Å². The molecule has 25 heavy (non-hydrogen) atoms. The molecule has 1 aliphatic carbocycles. The average molecular weight is 401 g/mol. The molecule has 1 heterocycles. The van der Waals surface area contributed by atoms with Crippen molar-refractivity contribution in [2.45, 2.75) is 56.0 Å². The quantitative estimate of drug-likeness (QED) is 0.457. The minimum atomic E-state index is -0.884. The first-order valence-electron chi connectivity index (χ1n) is 9.69. The maximum atomic E-state index is 9.27. The standard InChI is InChI=1S/C22H26BrNO/c1-16-7-6-8-19-20(16)21(23)24(22(19)13-4-3-5-14-22)15-17-9-11-18(25-2)12-10-17/h6-12,21H,3-5,13-15H2,1-2H3/i21D. The van der Waals surface area contributed by atoms with Crippen molar-refractivity contribution in [3.8, 4) is 5.75 Å². The van der Waals surface area contributed by atoms with Gasteiger partial charge in [0.05, 0.1) is 13.4 Å². The van der Waals surface area contributed by atoms with E-state index in [0.717, 1.165) is 30.7 Å². The van der Waals surface area contributed by atoms with Gasteiger partial charge in [-0.2, -0.15) is 0 Å². The Balaban J connectivity index is 1.79. The fourth-order valence-electron chi connectivity index (χ4n) is 4.61. The summed E-state index contributed by atoms with van der Waals surface area (Å²) in [7, 11) is 1.69. The molecule has 1 saturated carbocycles. The van der Waals surface area contributed by atoms with Crippen LogP contribution in [0.25, 0.3) is 0 Å². The minimum absolute atomic E-state index is 0.0369. The molecule has 0 bridgehead atoms. The fraction of sp³-hybridized carbons (Fsp3) is 0.455. The Morgan fingerprint density at radius 1 is 1.16 bits per heavy atom. The SMILES string of the molecule is [2H]C1(Br)c2c(C)cccc2C2(CCCCC2)N1Cc1ccc(OC)cc1. The van der Waals surface area contributed by atoms with Gasteiger partial charge in [0.1, 0.15) is 5.75 Å². The zero-order chi connectivity index (χ0) is 18.4. The molecule has 1 atom stereocenters. The number of nitrogens with zero attached hydrogens (tertiary/aromatic N) is 1. The van der Waals surface area contributed by atoms with E-state index in [-0.39, 0.29) is 5.54 Å². The number of halogens is 1. The van der Waals surface area contributed by atoms with Crippen molar-refractivity contribution in [1.29, 1.82) is 0 Å². The summed E-state index contributed by atoms with van der Waals surface area (Å²) in [5, 5.41) is 0. The molecule has 4 rings (SSSR count). The van der Waals surface area contributed by atoms with Crippen LogP contribution in [0.3, 0.4) is 0 Å². The van der Waals surface area contributed by atoms with Gasteiger partial charge >= 0.3 is 0 Å². The molecule has 0 saturated heterocycles. The van der Waals surface area contributed by atoms with Crippen LogP contribution in [0.4, 0.5) is 0 Å². The molecule has 2 aromatic carbocycles. The lowest BCUT2D eigenvalue weighted by molar-refractivity contribution is 0.0525. The van der Waals surface area contributed by atoms with Crippen molar-refractivity contribution >= 4 is 15.9 Å². The van der Waals surface area contributed by atoms with Gasteiger partial charge < -0.3 is 4.74 Å². The van der Waals surface area contributed by atoms with Gasteiger partial charge in [0.15, 0.2) is 0 Å². The molecule has 3 heteroatoms. The Kier molecular flexibility index (Phi) is 4.31. The number of methoxy groups -OCH3 is 1. The van der Waals surface area contributed by atoms with Crippen LogP contribution in [0.1, 0.15) is 60.7 Å². The summed E-state index contributed by atoms with van der Waals surface area (Å²) in [5.74, 6) is 0.873. The lowest BCUT2D eigenvalue weighted by atomic mass is 9.76. The van der Waals surface area contributed by atoms with Gasteiger partial charge in [0.2, 0.25) is 0 Å². The van der Waals surface area contributed by atoms with Crippen LogP contribution < -0.4 is 4.74 Å². The number of alkyl halides is 1. The van der Waals surface area contributed by atoms with Crippen molar-refractivity contribution in [1.82, 2.24) is 4.90 Å². The van der Waals surface area contributed by atoms with Crippen molar-refractivity contribution < 1.29 is 6.11 Å². The van der Waals surface area contributed by atoms with Crippen molar-refractivity contribution in [3.63, 3.8) is 0 Å². The van der Waals surface area contributed by atoms with Gasteiger partial charge in [-0.25, -0.2) is 0 Å². The average Bonchev–Trinajstić information content (AvgIpc) is 2.83. The molecule has 2 aliphatic rings. The van der Waals surface area contributed by atoms with E-state index in [2.05, 4.69) is 58.1 Å². The third kappa shape index (κ3) is 2.82. The number of hydrogen-bond acceptors (Lipinski definition) is 2. The summed E-state index contributed by atoms with van der Waals surface area (Å²) >= 11 is 3.82. The van der Waals surface area contributed by atoms with E-state index < -0.39 is 4.93 Å². The summed E-state index contributed by atoms with van der Waals surface area (Å²) in [6, 6.07) is 14.8. The normalized spacial score (nSPS) is 25.6. The second kappa shape index (κ2) is 6.77. The highest BCUT2D eigenvalue weighted by Crippen LogP contribution is 2.56. The number of fused-ring (bicyclic) bond motifs is 2. The number of benzene rings is 2. The molecule has 0 N–H and O–H groups in total. The van der Waals surface area contributed by atoms with E-state index in [1.165, 1.54) is 36.0 Å². The molecule has 2 aromatic rings. The van der Waals surface area contributed by atoms with E-state index in [1.54, 1.807) is 7.11 Å². The smallest absolute Gasteiger partial charge is 0.118 e. The van der Waals surface area contributed by atoms with Crippen LogP contribution >= 0.6 is 15.9 Å². The molecule has 0 amide bonds. The summed E-state index contributed by atoms with van der Waals surface area (Å²) in [5.41, 5.74) is 4.90. The molecule has 1 aliphatic heterocycles. The van der Waals surface area contributed by atoms with E-state index in [4.69, 9.17) is 4.74 Å². The van der Waals surface area contributed by atoms with Crippen molar-refractivity contribution in [2.24, 2.45) is 0 Å². The van der Waals surface area contributed by atoms with Crippen molar-refractivity contribution in [2.75, 3.05) is 7.11 Å². The predicted octanol–water partition coefficient (Wildman–Crippen LogP) is 6.07. The third-order valence-electron chi connectivity index (χ3n) is 5.91. The van der Waals surface area contributed by atoms with Crippen LogP contribution in [0.2, 0.25) is 0 Å². The molecule has 1 spiro atoms. The number of hydrogen-bond donors (Lipinski definition) is 0. The topological polar surface area (TPSA) is 12.5 Å². The molecule has 1 fully saturated rings. The maximum Gasteiger partial charge on any atom is 0.118 e. The highest BCUT2D eigenvalue weighted by atomic mass is 79.9. The second-order valence-corrected chi connectivity index (χ2v) is 8.07. The highest BCUT2D eigenvalue weighted by Gasteiger charge is 2.49. The maximum absolute atomic E-state index is 9.27. The number of aryl methyl sites for hydroxylation is 1. The first-order valence-corrected chi connectivity index (χ1v) is 9.98. The zero-order valence-corrected chi connectivity index (χ0v) is 16.6. The summed E-state index contributed by atoms with van der Waals surface area (Å²) in [6.45, 7) is 2.89. The van der Waals surface area contributed by atoms with Gasteiger partial charge in [-0.1, -0.05) is 65.5 Å². The Hall–Kier alpha value is -1.32. The molecule has 0 aromatic heterocycles. The van der Waals surface area contributed by atoms with E-state index in [1.807, 2.05) is 12.1 Å². The molecule has 132 valence electrons. The van der Waals surface area contributed by atoms with Gasteiger partial charge in [0.25, 0.3) is 0 Å². The second-order valence-electron chi connectivity index (χ2n) is 7.31. The van der Waals surface area contributed by atoms with Gasteiger partial charge in [-0.05, 0) is 54.2 Å². The lowest BCUT2D eigenvalue weighted by Crippen LogP contribution is -2.42. The molecule has 0 radical (unpaired) electrons. The van der Waals surface area contributed by atoms with E-state index in [0.29, 0.717) is 0 Å². The van der Waals surface area contributed by atoms with Crippen LogP contribution in [-0.4, -0.2) is 12.0 Å². The number of ether oxygens (including phenoxy) is 1. The Morgan fingerprint density at radius 2 is 1.88 bits per heavy atom. The first kappa shape index (κ1) is 15.9. The van der Waals surface area contributed by atoms with Crippen LogP contribution in [0, 0.1) is 6.92 Å². The molecule has 1 unspecified atom stereocenters. The Morgan fingerprint density at radius 3 is 2.56 bits per heavy atom. The number of rotatable bonds is 3. The molecular weight excluding hydrogens is 374 g/mol. The van der Waals surface area contributed by atoms with Crippen molar-refractivity contribution in [3.05, 3.63) is 64.7 Å². The minimum Gasteiger partial charge on any atom is -0.497 e. The van der Waals surface area contributed by atoms with Crippen LogP contribution in [0.5, 0.6) is 5.75 Å². The Labute approximate surface area is 160 Å². The van der Waals surface area contributed by atoms with Gasteiger partial charge in [-0.15, -0.1) is 0 Å². The highest BCUT2D eigenvalue weighted by molar-refractivity contribution is 9.09. The van der Waals surface area contributed by atoms with E-state index >= 15 is 0 Å². The zero-order valence-electron chi connectivity index (χ0n) is 16.0. The third-order valence-corrected chi connectivity index (χ3v) is 6.74. The monoisotopic (exact) mass is 400 g/mol. The summed E-state index contributed by atoms with van der Waals surface area (Å²) in [4.78, 5) is 1.50. The van der Waals surface area contributed by atoms with Crippen LogP contribution in [0.15, 0.2) is 42.5 Å².